The molecule has 0 saturated heterocycles. The lowest BCUT2D eigenvalue weighted by atomic mass is 10.2. The van der Waals surface area contributed by atoms with Crippen LogP contribution < -0.4 is 10.2 Å². The van der Waals surface area contributed by atoms with Crippen LogP contribution in [0.5, 0.6) is 0 Å². The Morgan fingerprint density at radius 1 is 1.19 bits per heavy atom. The summed E-state index contributed by atoms with van der Waals surface area (Å²) in [4.78, 5) is 6.84. The molecule has 3 nitrogen and oxygen atoms in total. The molecule has 1 saturated carbocycles. The Balaban J connectivity index is 1.60. The maximum atomic E-state index is 4.59. The van der Waals surface area contributed by atoms with Crippen LogP contribution in [0.2, 0.25) is 0 Å². The summed E-state index contributed by atoms with van der Waals surface area (Å²) < 4.78 is 0. The molecule has 0 radical (unpaired) electrons. The topological polar surface area (TPSA) is 28.2 Å². The molecule has 3 heteroatoms. The van der Waals surface area contributed by atoms with Crippen molar-refractivity contribution in [3.8, 4) is 0 Å². The zero-order valence-electron chi connectivity index (χ0n) is 12.8. The summed E-state index contributed by atoms with van der Waals surface area (Å²) in [5.74, 6) is 0. The molecule has 1 N–H and O–H groups in total. The molecule has 21 heavy (non-hydrogen) atoms. The van der Waals surface area contributed by atoms with Crippen molar-refractivity contribution >= 4 is 5.69 Å². The fourth-order valence-electron chi connectivity index (χ4n) is 2.52. The third-order valence-electron chi connectivity index (χ3n) is 3.98. The molecule has 0 spiro atoms. The maximum Gasteiger partial charge on any atom is 0.0598 e. The van der Waals surface area contributed by atoms with E-state index in [4.69, 9.17) is 0 Å². The summed E-state index contributed by atoms with van der Waals surface area (Å²) in [6.07, 6.45) is 4.65. The number of nitrogens with one attached hydrogen (secondary N) is 1. The van der Waals surface area contributed by atoms with Crippen LogP contribution in [-0.4, -0.2) is 18.1 Å². The van der Waals surface area contributed by atoms with Gasteiger partial charge in [0, 0.05) is 31.5 Å². The smallest absolute Gasteiger partial charge is 0.0598 e. The second-order valence-corrected chi connectivity index (χ2v) is 5.96. The fraction of sp³-hybridized carbons (Fsp3) is 0.389. The van der Waals surface area contributed by atoms with E-state index in [1.54, 1.807) is 0 Å². The number of hydrogen-bond donors (Lipinski definition) is 1. The van der Waals surface area contributed by atoms with E-state index in [1.807, 2.05) is 6.20 Å². The second kappa shape index (κ2) is 6.27. The normalized spacial score (nSPS) is 14.2. The molecule has 0 amide bonds. The van der Waals surface area contributed by atoms with E-state index in [9.17, 15) is 0 Å². The first kappa shape index (κ1) is 14.1. The van der Waals surface area contributed by atoms with Crippen molar-refractivity contribution in [3.63, 3.8) is 0 Å². The average Bonchev–Trinajstić information content (AvgIpc) is 3.31. The molecule has 1 aliphatic rings. The van der Waals surface area contributed by atoms with Crippen LogP contribution in [0.15, 0.2) is 42.6 Å². The minimum Gasteiger partial charge on any atom is -0.368 e. The van der Waals surface area contributed by atoms with Crippen molar-refractivity contribution in [1.29, 1.82) is 0 Å². The Morgan fingerprint density at radius 3 is 2.67 bits per heavy atom. The number of rotatable bonds is 6. The van der Waals surface area contributed by atoms with Gasteiger partial charge in [-0.3, -0.25) is 4.98 Å². The Hall–Kier alpha value is -1.87. The van der Waals surface area contributed by atoms with Gasteiger partial charge in [-0.05, 0) is 43.0 Å². The highest BCUT2D eigenvalue weighted by molar-refractivity contribution is 5.52. The lowest BCUT2D eigenvalue weighted by Gasteiger charge is -2.21. The largest absolute Gasteiger partial charge is 0.368 e. The van der Waals surface area contributed by atoms with Crippen LogP contribution >= 0.6 is 0 Å². The highest BCUT2D eigenvalue weighted by Gasteiger charge is 2.19. The van der Waals surface area contributed by atoms with E-state index in [1.165, 1.54) is 29.7 Å². The van der Waals surface area contributed by atoms with Crippen LogP contribution in [0.1, 0.15) is 29.7 Å². The number of hydrogen-bond acceptors (Lipinski definition) is 3. The molecule has 1 fully saturated rings. The number of aromatic nitrogens is 1. The Morgan fingerprint density at radius 2 is 2.00 bits per heavy atom. The lowest BCUT2D eigenvalue weighted by molar-refractivity contribution is 0.685. The number of nitrogens with zero attached hydrogens (tertiary/aromatic N) is 2. The zero-order chi connectivity index (χ0) is 14.7. The summed E-state index contributed by atoms with van der Waals surface area (Å²) in [6, 6.07) is 13.5. The predicted molar refractivity (Wildman–Crippen MR) is 87.4 cm³/mol. The quantitative estimate of drug-likeness (QED) is 0.880. The first-order chi connectivity index (χ1) is 10.2. The van der Waals surface area contributed by atoms with Gasteiger partial charge in [0.2, 0.25) is 0 Å². The van der Waals surface area contributed by atoms with Gasteiger partial charge >= 0.3 is 0 Å². The van der Waals surface area contributed by atoms with Gasteiger partial charge in [-0.15, -0.1) is 0 Å². The second-order valence-electron chi connectivity index (χ2n) is 5.96. The highest BCUT2D eigenvalue weighted by atomic mass is 15.1. The molecule has 110 valence electrons. The summed E-state index contributed by atoms with van der Waals surface area (Å²) >= 11 is 0. The van der Waals surface area contributed by atoms with Crippen LogP contribution in [0.3, 0.4) is 0 Å². The van der Waals surface area contributed by atoms with E-state index in [2.05, 4.69) is 65.6 Å². The van der Waals surface area contributed by atoms with Gasteiger partial charge in [0.1, 0.15) is 0 Å². The summed E-state index contributed by atoms with van der Waals surface area (Å²) in [7, 11) is 2.12. The van der Waals surface area contributed by atoms with E-state index in [-0.39, 0.29) is 0 Å². The van der Waals surface area contributed by atoms with Crippen molar-refractivity contribution < 1.29 is 0 Å². The van der Waals surface area contributed by atoms with Gasteiger partial charge in [-0.1, -0.05) is 24.3 Å². The van der Waals surface area contributed by atoms with Gasteiger partial charge in [0.25, 0.3) is 0 Å². The standard InChI is InChI=1S/C18H23N3/c1-14-5-3-4-6-18(14)21(2)13-17-8-7-15(12-20-17)11-19-16-9-10-16/h3-8,12,16,19H,9-11,13H2,1-2H3. The molecule has 1 aliphatic carbocycles. The van der Waals surface area contributed by atoms with E-state index in [0.717, 1.165) is 24.8 Å². The average molecular weight is 281 g/mol. The van der Waals surface area contributed by atoms with Crippen molar-refractivity contribution in [3.05, 3.63) is 59.4 Å². The van der Waals surface area contributed by atoms with Gasteiger partial charge in [0.15, 0.2) is 0 Å². The minimum absolute atomic E-state index is 0.747. The molecule has 3 rings (SSSR count). The van der Waals surface area contributed by atoms with Gasteiger partial charge in [-0.2, -0.15) is 0 Å². The molecule has 0 bridgehead atoms. The Kier molecular flexibility index (Phi) is 4.20. The van der Waals surface area contributed by atoms with Gasteiger partial charge in [-0.25, -0.2) is 0 Å². The summed E-state index contributed by atoms with van der Waals surface area (Å²) in [6.45, 7) is 3.92. The number of anilines is 1. The number of para-hydroxylation sites is 1. The summed E-state index contributed by atoms with van der Waals surface area (Å²) in [5.41, 5.74) is 4.93. The third-order valence-corrected chi connectivity index (χ3v) is 3.98. The van der Waals surface area contributed by atoms with Crippen molar-refractivity contribution in [1.82, 2.24) is 10.3 Å². The molecule has 0 aliphatic heterocycles. The maximum absolute atomic E-state index is 4.59. The SMILES string of the molecule is Cc1ccccc1N(C)Cc1ccc(CNC2CC2)cn1. The number of aryl methyl sites for hydroxylation is 1. The molecule has 0 unspecified atom stereocenters. The van der Waals surface area contributed by atoms with Gasteiger partial charge in [0.05, 0.1) is 12.2 Å². The first-order valence-corrected chi connectivity index (χ1v) is 7.66. The van der Waals surface area contributed by atoms with E-state index < -0.39 is 0 Å². The van der Waals surface area contributed by atoms with Crippen molar-refractivity contribution in [2.24, 2.45) is 0 Å². The predicted octanol–water partition coefficient (Wildman–Crippen LogP) is 3.28. The van der Waals surface area contributed by atoms with Gasteiger partial charge < -0.3 is 10.2 Å². The molecule has 2 aromatic rings. The number of benzene rings is 1. The molecular formula is C18H23N3. The van der Waals surface area contributed by atoms with Crippen LogP contribution in [0.25, 0.3) is 0 Å². The van der Waals surface area contributed by atoms with Crippen LogP contribution in [0.4, 0.5) is 5.69 Å². The molecule has 1 heterocycles. The van der Waals surface area contributed by atoms with Crippen molar-refractivity contribution in [2.45, 2.75) is 38.9 Å². The van der Waals surface area contributed by atoms with E-state index in [0.29, 0.717) is 0 Å². The van der Waals surface area contributed by atoms with Crippen LogP contribution in [-0.2, 0) is 13.1 Å². The van der Waals surface area contributed by atoms with Crippen LogP contribution in [0, 0.1) is 6.92 Å². The molecule has 0 atom stereocenters. The summed E-state index contributed by atoms with van der Waals surface area (Å²) in [5, 5.41) is 3.52. The first-order valence-electron chi connectivity index (χ1n) is 7.66. The van der Waals surface area contributed by atoms with E-state index >= 15 is 0 Å². The van der Waals surface area contributed by atoms with Crippen molar-refractivity contribution in [2.75, 3.05) is 11.9 Å². The Bertz CT molecular complexity index is 588. The lowest BCUT2D eigenvalue weighted by Crippen LogP contribution is -2.18. The third kappa shape index (κ3) is 3.82. The number of pyridine rings is 1. The molecule has 1 aromatic carbocycles. The monoisotopic (exact) mass is 281 g/mol. The fourth-order valence-corrected chi connectivity index (χ4v) is 2.52. The molecular weight excluding hydrogens is 258 g/mol. The molecule has 1 aromatic heterocycles. The zero-order valence-corrected chi connectivity index (χ0v) is 12.8. The highest BCUT2D eigenvalue weighted by Crippen LogP contribution is 2.20. The minimum atomic E-state index is 0.747. The Labute approximate surface area is 127 Å².